The molecular weight excluding hydrogens is 523 g/mol. The average molecular weight is 545 g/mol. The van der Waals surface area contributed by atoms with Crippen molar-refractivity contribution in [1.29, 1.82) is 0 Å². The van der Waals surface area contributed by atoms with Crippen molar-refractivity contribution in [3.63, 3.8) is 0 Å². The van der Waals surface area contributed by atoms with Gasteiger partial charge in [0, 0.05) is 35.7 Å². The first-order valence-electron chi connectivity index (χ1n) is 12.5. The molecule has 2 aliphatic heterocycles. The predicted molar refractivity (Wildman–Crippen MR) is 143 cm³/mol. The Kier molecular flexibility index (Phi) is 5.44. The van der Waals surface area contributed by atoms with E-state index in [0.29, 0.717) is 17.7 Å². The quantitative estimate of drug-likeness (QED) is 0.301. The Morgan fingerprint density at radius 3 is 2.92 bits per heavy atom. The molecule has 5 aromatic rings. The molecule has 2 atom stereocenters. The van der Waals surface area contributed by atoms with Gasteiger partial charge in [-0.3, -0.25) is 9.89 Å². The number of anilines is 1. The third kappa shape index (κ3) is 3.78. The van der Waals surface area contributed by atoms with Crippen LogP contribution in [0.5, 0.6) is 0 Å². The highest BCUT2D eigenvalue weighted by molar-refractivity contribution is 6.31. The number of nitrogens with zero attached hydrogens (tertiary/aromatic N) is 7. The Morgan fingerprint density at radius 2 is 2.10 bits per heavy atom. The minimum Gasteiger partial charge on any atom is -0.371 e. The lowest BCUT2D eigenvalue weighted by Gasteiger charge is -2.33. The summed E-state index contributed by atoms with van der Waals surface area (Å²) in [4.78, 5) is 23.4. The van der Waals surface area contributed by atoms with Gasteiger partial charge >= 0.3 is 0 Å². The molecule has 5 heterocycles. The number of carbonyl (C=O) groups excluding carboxylic acids is 1. The third-order valence-electron chi connectivity index (χ3n) is 7.52. The lowest BCUT2D eigenvalue weighted by atomic mass is 9.92. The Bertz CT molecular complexity index is 1760. The second-order valence-corrected chi connectivity index (χ2v) is 10.0. The number of amides is 1. The maximum atomic E-state index is 15.3. The fourth-order valence-electron chi connectivity index (χ4n) is 5.73. The van der Waals surface area contributed by atoms with E-state index in [0.717, 1.165) is 46.6 Å². The van der Waals surface area contributed by atoms with Gasteiger partial charge in [0.25, 0.3) is 0 Å². The minimum absolute atomic E-state index is 0.0273. The number of rotatable bonds is 5. The van der Waals surface area contributed by atoms with Crippen LogP contribution in [0.2, 0.25) is 5.02 Å². The van der Waals surface area contributed by atoms with Crippen LogP contribution in [-0.2, 0) is 4.79 Å². The Hall–Kier alpha value is -4.58. The molecule has 7 rings (SSSR count). The van der Waals surface area contributed by atoms with Crippen LogP contribution in [0.25, 0.3) is 33.4 Å². The molecule has 11 nitrogen and oxygen atoms in total. The van der Waals surface area contributed by atoms with E-state index < -0.39 is 5.82 Å². The topological polar surface area (TPSA) is 133 Å². The molecule has 13 heteroatoms. The summed E-state index contributed by atoms with van der Waals surface area (Å²) in [5, 5.41) is 22.6. The molecule has 1 fully saturated rings. The van der Waals surface area contributed by atoms with Gasteiger partial charge in [0.05, 0.1) is 34.2 Å². The molecule has 2 aromatic carbocycles. The molecule has 0 saturated carbocycles. The monoisotopic (exact) mass is 544 g/mol. The molecule has 2 aliphatic rings. The van der Waals surface area contributed by atoms with E-state index in [4.69, 9.17) is 11.6 Å². The number of hydrogen-bond acceptors (Lipinski definition) is 7. The van der Waals surface area contributed by atoms with E-state index in [9.17, 15) is 4.79 Å². The molecule has 196 valence electrons. The molecule has 39 heavy (non-hydrogen) atoms. The highest BCUT2D eigenvalue weighted by Crippen LogP contribution is 2.44. The zero-order valence-electron chi connectivity index (χ0n) is 20.7. The summed E-state index contributed by atoms with van der Waals surface area (Å²) in [6.07, 6.45) is 6.65. The van der Waals surface area contributed by atoms with Gasteiger partial charge < -0.3 is 15.2 Å². The summed E-state index contributed by atoms with van der Waals surface area (Å²) in [6.45, 7) is 0. The van der Waals surface area contributed by atoms with Gasteiger partial charge in [-0.15, -0.1) is 5.10 Å². The smallest absolute Gasteiger partial charge is 0.247 e. The first-order valence-corrected chi connectivity index (χ1v) is 12.9. The zero-order valence-corrected chi connectivity index (χ0v) is 21.4. The van der Waals surface area contributed by atoms with Crippen molar-refractivity contribution < 1.29 is 9.18 Å². The average Bonchev–Trinajstić information content (AvgIpc) is 3.75. The molecule has 1 saturated heterocycles. The Morgan fingerprint density at radius 1 is 1.21 bits per heavy atom. The molecule has 0 aliphatic carbocycles. The minimum atomic E-state index is -0.599. The van der Waals surface area contributed by atoms with Gasteiger partial charge in [0.15, 0.2) is 11.6 Å². The number of hydrogen-bond donors (Lipinski definition) is 3. The van der Waals surface area contributed by atoms with E-state index in [1.54, 1.807) is 12.3 Å². The molecule has 1 unspecified atom stereocenters. The Balaban J connectivity index is 1.19. The summed E-state index contributed by atoms with van der Waals surface area (Å²) in [7, 11) is 1.83. The standard InChI is InChI=1S/C26H22ClFN10O/c1-29-25-16-4-2-13(9-18(16)33-34-25)19-11-30-26(32-19)21-6-3-15-8-14(10-22(39)38(15)21)23-20(37-12-31-35-36-37)7-5-17(27)24(23)28/h2,4-5,7,9-12,15,21H,3,6,8H2,1H3,(H,30,32)(H2,29,33,34)/t15?,21-/m0/s1. The van der Waals surface area contributed by atoms with E-state index >= 15 is 4.39 Å². The van der Waals surface area contributed by atoms with Crippen LogP contribution in [0.4, 0.5) is 10.2 Å². The van der Waals surface area contributed by atoms with Crippen LogP contribution in [0.3, 0.4) is 0 Å². The molecule has 0 bridgehead atoms. The van der Waals surface area contributed by atoms with Gasteiger partial charge in [0.1, 0.15) is 12.2 Å². The maximum Gasteiger partial charge on any atom is 0.247 e. The number of nitrogens with one attached hydrogen (secondary N) is 3. The Labute approximate surface area is 226 Å². The van der Waals surface area contributed by atoms with Gasteiger partial charge in [-0.05, 0) is 59.5 Å². The molecule has 3 N–H and O–H groups in total. The van der Waals surface area contributed by atoms with Crippen LogP contribution >= 0.6 is 11.6 Å². The summed E-state index contributed by atoms with van der Waals surface area (Å²) in [5.41, 5.74) is 3.95. The van der Waals surface area contributed by atoms with E-state index in [1.807, 2.05) is 30.1 Å². The van der Waals surface area contributed by atoms with Crippen LogP contribution in [0.15, 0.2) is 48.9 Å². The van der Waals surface area contributed by atoms with E-state index in [1.165, 1.54) is 23.2 Å². The van der Waals surface area contributed by atoms with Crippen LogP contribution in [-0.4, -0.2) is 64.3 Å². The molecular formula is C26H22ClFN10O. The first kappa shape index (κ1) is 23.5. The van der Waals surface area contributed by atoms with Crippen LogP contribution < -0.4 is 5.32 Å². The van der Waals surface area contributed by atoms with Crippen molar-refractivity contribution in [1.82, 2.24) is 45.3 Å². The maximum absolute atomic E-state index is 15.3. The largest absolute Gasteiger partial charge is 0.371 e. The zero-order chi connectivity index (χ0) is 26.7. The van der Waals surface area contributed by atoms with Crippen molar-refractivity contribution in [3.05, 3.63) is 71.2 Å². The van der Waals surface area contributed by atoms with Gasteiger partial charge in [0.2, 0.25) is 5.91 Å². The number of aromatic amines is 2. The number of H-pyrrole nitrogens is 2. The molecule has 1 amide bonds. The molecule has 0 radical (unpaired) electrons. The van der Waals surface area contributed by atoms with Crippen molar-refractivity contribution >= 4 is 39.8 Å². The second kappa shape index (κ2) is 9.02. The third-order valence-corrected chi connectivity index (χ3v) is 7.81. The number of benzene rings is 2. The number of carbonyl (C=O) groups is 1. The van der Waals surface area contributed by atoms with Crippen LogP contribution in [0.1, 0.15) is 36.7 Å². The molecule has 3 aromatic heterocycles. The lowest BCUT2D eigenvalue weighted by molar-refractivity contribution is -0.129. The number of fused-ring (bicyclic) bond motifs is 2. The highest BCUT2D eigenvalue weighted by Gasteiger charge is 2.42. The number of halogens is 2. The summed E-state index contributed by atoms with van der Waals surface area (Å²) in [6, 6.07) is 8.83. The fourth-order valence-corrected chi connectivity index (χ4v) is 5.89. The van der Waals surface area contributed by atoms with Gasteiger partial charge in [-0.25, -0.2) is 9.37 Å². The van der Waals surface area contributed by atoms with Gasteiger partial charge in [-0.2, -0.15) is 9.78 Å². The first-order chi connectivity index (χ1) is 19.0. The lowest BCUT2D eigenvalue weighted by Crippen LogP contribution is -2.39. The van der Waals surface area contributed by atoms with Crippen molar-refractivity contribution in [2.75, 3.05) is 12.4 Å². The van der Waals surface area contributed by atoms with Crippen LogP contribution in [0, 0.1) is 5.82 Å². The number of tetrazole rings is 1. The molecule has 0 spiro atoms. The number of aromatic nitrogens is 8. The fraction of sp³-hybridized carbons (Fsp3) is 0.231. The summed E-state index contributed by atoms with van der Waals surface area (Å²) >= 11 is 6.13. The second-order valence-electron chi connectivity index (χ2n) is 9.64. The predicted octanol–water partition coefficient (Wildman–Crippen LogP) is 4.28. The highest BCUT2D eigenvalue weighted by atomic mass is 35.5. The van der Waals surface area contributed by atoms with Crippen molar-refractivity contribution in [2.24, 2.45) is 0 Å². The summed E-state index contributed by atoms with van der Waals surface area (Å²) < 4.78 is 16.7. The van der Waals surface area contributed by atoms with Crippen molar-refractivity contribution in [3.8, 4) is 16.9 Å². The SMILES string of the molecule is CNc1n[nH]c2cc(-c3cnc([C@@H]4CCC5CC(c6c(-n7cnnn7)ccc(Cl)c6F)=CC(=O)N54)[nH]3)ccc12. The summed E-state index contributed by atoms with van der Waals surface area (Å²) in [5.74, 6) is 0.722. The van der Waals surface area contributed by atoms with Crippen molar-refractivity contribution in [2.45, 2.75) is 31.3 Å². The van der Waals surface area contributed by atoms with E-state index in [-0.39, 0.29) is 28.6 Å². The van der Waals surface area contributed by atoms with Gasteiger partial charge in [-0.1, -0.05) is 17.7 Å². The van der Waals surface area contributed by atoms with E-state index in [2.05, 4.69) is 41.0 Å². The normalized spacial score (nSPS) is 19.0. The number of imidazole rings is 1.